The minimum Gasteiger partial charge on any atom is -0.506 e. The van der Waals surface area contributed by atoms with Crippen LogP contribution in [0.2, 0.25) is 10.0 Å². The third kappa shape index (κ3) is 3.45. The van der Waals surface area contributed by atoms with Crippen LogP contribution in [0.4, 0.5) is 0 Å². The van der Waals surface area contributed by atoms with Gasteiger partial charge in [-0.05, 0) is 18.6 Å². The summed E-state index contributed by atoms with van der Waals surface area (Å²) in [6.07, 6.45) is 2.89. The molecule has 1 aromatic carbocycles. The molecule has 0 saturated carbocycles. The van der Waals surface area contributed by atoms with Crippen molar-refractivity contribution in [1.82, 2.24) is 15.1 Å². The summed E-state index contributed by atoms with van der Waals surface area (Å²) in [4.78, 5) is 0. The molecule has 0 aliphatic carbocycles. The number of halogens is 2. The zero-order valence-corrected chi connectivity index (χ0v) is 13.0. The van der Waals surface area contributed by atoms with E-state index in [2.05, 4.69) is 17.3 Å². The summed E-state index contributed by atoms with van der Waals surface area (Å²) in [7, 11) is 1.91. The number of hydrogen-bond donors (Lipinski definition) is 2. The van der Waals surface area contributed by atoms with E-state index in [1.807, 2.05) is 17.9 Å². The number of nitrogens with one attached hydrogen (secondary N) is 1. The van der Waals surface area contributed by atoms with E-state index in [0.29, 0.717) is 23.7 Å². The van der Waals surface area contributed by atoms with Crippen LogP contribution < -0.4 is 5.32 Å². The summed E-state index contributed by atoms with van der Waals surface area (Å²) in [5.74, 6) is 0.0745. The molecule has 0 aliphatic heterocycles. The Morgan fingerprint density at radius 1 is 1.25 bits per heavy atom. The lowest BCUT2D eigenvalue weighted by Gasteiger charge is -2.08. The van der Waals surface area contributed by atoms with Gasteiger partial charge in [0.25, 0.3) is 0 Å². The topological polar surface area (TPSA) is 50.1 Å². The molecule has 2 N–H and O–H groups in total. The van der Waals surface area contributed by atoms with Crippen molar-refractivity contribution in [2.24, 2.45) is 7.05 Å². The normalized spacial score (nSPS) is 11.0. The Labute approximate surface area is 128 Å². The summed E-state index contributed by atoms with van der Waals surface area (Å²) < 4.78 is 1.81. The summed E-state index contributed by atoms with van der Waals surface area (Å²) in [6, 6.07) is 3.23. The van der Waals surface area contributed by atoms with Gasteiger partial charge in [-0.25, -0.2) is 0 Å². The molecule has 20 heavy (non-hydrogen) atoms. The highest BCUT2D eigenvalue weighted by Gasteiger charge is 2.09. The van der Waals surface area contributed by atoms with Gasteiger partial charge in [0.15, 0.2) is 0 Å². The molecule has 1 heterocycles. The van der Waals surface area contributed by atoms with Crippen LogP contribution >= 0.6 is 23.2 Å². The molecule has 0 bridgehead atoms. The molecule has 0 unspecified atom stereocenters. The van der Waals surface area contributed by atoms with Gasteiger partial charge >= 0.3 is 0 Å². The summed E-state index contributed by atoms with van der Waals surface area (Å²) in [5.41, 5.74) is 2.92. The predicted octanol–water partition coefficient (Wildman–Crippen LogP) is 3.28. The fourth-order valence-corrected chi connectivity index (χ4v) is 2.65. The van der Waals surface area contributed by atoms with Crippen molar-refractivity contribution in [3.63, 3.8) is 0 Å². The number of aromatic hydroxyl groups is 1. The van der Waals surface area contributed by atoms with Crippen LogP contribution in [0.15, 0.2) is 18.3 Å². The lowest BCUT2D eigenvalue weighted by Crippen LogP contribution is -2.13. The van der Waals surface area contributed by atoms with E-state index < -0.39 is 0 Å². The summed E-state index contributed by atoms with van der Waals surface area (Å²) >= 11 is 11.8. The molecular weight excluding hydrogens is 297 g/mol. The highest BCUT2D eigenvalue weighted by Crippen LogP contribution is 2.31. The van der Waals surface area contributed by atoms with Crippen LogP contribution in [0.1, 0.15) is 23.7 Å². The van der Waals surface area contributed by atoms with E-state index in [9.17, 15) is 5.11 Å². The van der Waals surface area contributed by atoms with Crippen molar-refractivity contribution in [3.8, 4) is 5.75 Å². The van der Waals surface area contributed by atoms with Crippen LogP contribution in [0.5, 0.6) is 5.75 Å². The van der Waals surface area contributed by atoms with Gasteiger partial charge in [-0.3, -0.25) is 4.68 Å². The third-order valence-electron chi connectivity index (χ3n) is 3.06. The molecule has 0 spiro atoms. The molecule has 0 atom stereocenters. The van der Waals surface area contributed by atoms with Crippen LogP contribution in [0, 0.1) is 0 Å². The summed E-state index contributed by atoms with van der Waals surface area (Å²) in [5, 5.41) is 18.3. The molecule has 0 fully saturated rings. The smallest absolute Gasteiger partial charge is 0.138 e. The van der Waals surface area contributed by atoms with Crippen molar-refractivity contribution < 1.29 is 5.11 Å². The second-order valence-electron chi connectivity index (χ2n) is 4.63. The molecule has 6 heteroatoms. The minimum atomic E-state index is 0.0745. The number of phenols is 1. The van der Waals surface area contributed by atoms with Crippen molar-refractivity contribution >= 4 is 23.2 Å². The van der Waals surface area contributed by atoms with Crippen LogP contribution in [-0.2, 0) is 26.6 Å². The number of hydrogen-bond acceptors (Lipinski definition) is 3. The number of rotatable bonds is 5. The molecule has 1 aromatic heterocycles. The lowest BCUT2D eigenvalue weighted by molar-refractivity contribution is 0.464. The number of phenolic OH excluding ortho intramolecular Hbond substituents is 1. The number of benzene rings is 1. The minimum absolute atomic E-state index is 0.0745. The molecule has 0 saturated heterocycles. The zero-order valence-electron chi connectivity index (χ0n) is 11.5. The second-order valence-corrected chi connectivity index (χ2v) is 5.47. The molecule has 0 aliphatic rings. The third-order valence-corrected chi connectivity index (χ3v) is 3.57. The molecule has 108 valence electrons. The molecule has 0 amide bonds. The number of nitrogens with zero attached hydrogens (tertiary/aromatic N) is 2. The average Bonchev–Trinajstić information content (AvgIpc) is 2.75. The maximum Gasteiger partial charge on any atom is 0.138 e. The fraction of sp³-hybridized carbons (Fsp3) is 0.357. The Hall–Kier alpha value is -1.23. The average molecular weight is 314 g/mol. The van der Waals surface area contributed by atoms with Crippen molar-refractivity contribution in [1.29, 1.82) is 0 Å². The van der Waals surface area contributed by atoms with Gasteiger partial charge < -0.3 is 10.4 Å². The summed E-state index contributed by atoms with van der Waals surface area (Å²) in [6.45, 7) is 3.25. The van der Waals surface area contributed by atoms with Gasteiger partial charge in [0.05, 0.1) is 10.7 Å². The molecule has 4 nitrogen and oxygen atoms in total. The van der Waals surface area contributed by atoms with Crippen LogP contribution in [0.3, 0.4) is 0 Å². The zero-order chi connectivity index (χ0) is 14.7. The van der Waals surface area contributed by atoms with Crippen molar-refractivity contribution in [2.75, 3.05) is 0 Å². The Bertz CT molecular complexity index is 611. The van der Waals surface area contributed by atoms with E-state index in [0.717, 1.165) is 17.7 Å². The second kappa shape index (κ2) is 6.48. The fourth-order valence-electron chi connectivity index (χ4n) is 2.11. The van der Waals surface area contributed by atoms with E-state index in [4.69, 9.17) is 23.2 Å². The first-order chi connectivity index (χ1) is 9.51. The Kier molecular flexibility index (Phi) is 4.91. The Morgan fingerprint density at radius 2 is 1.95 bits per heavy atom. The van der Waals surface area contributed by atoms with Gasteiger partial charge in [0, 0.05) is 42.5 Å². The maximum atomic E-state index is 9.88. The van der Waals surface area contributed by atoms with Crippen molar-refractivity contribution in [2.45, 2.75) is 26.4 Å². The van der Waals surface area contributed by atoms with Crippen LogP contribution in [0.25, 0.3) is 0 Å². The van der Waals surface area contributed by atoms with E-state index in [1.165, 1.54) is 6.07 Å². The van der Waals surface area contributed by atoms with Gasteiger partial charge in [0.2, 0.25) is 0 Å². The quantitative estimate of drug-likeness (QED) is 0.890. The monoisotopic (exact) mass is 313 g/mol. The molecular formula is C14H17Cl2N3O. The van der Waals surface area contributed by atoms with Crippen LogP contribution in [-0.4, -0.2) is 14.9 Å². The van der Waals surface area contributed by atoms with Gasteiger partial charge in [-0.15, -0.1) is 0 Å². The Morgan fingerprint density at radius 3 is 2.65 bits per heavy atom. The number of aromatic nitrogens is 2. The molecule has 2 rings (SSSR count). The molecule has 0 radical (unpaired) electrons. The number of aryl methyl sites for hydroxylation is 2. The lowest BCUT2D eigenvalue weighted by atomic mass is 10.2. The van der Waals surface area contributed by atoms with Gasteiger partial charge in [0.1, 0.15) is 5.75 Å². The first-order valence-corrected chi connectivity index (χ1v) is 7.15. The highest BCUT2D eigenvalue weighted by molar-refractivity contribution is 6.35. The van der Waals surface area contributed by atoms with E-state index >= 15 is 0 Å². The molecule has 2 aromatic rings. The largest absolute Gasteiger partial charge is 0.506 e. The first kappa shape index (κ1) is 15.2. The van der Waals surface area contributed by atoms with E-state index in [-0.39, 0.29) is 10.8 Å². The highest BCUT2D eigenvalue weighted by atomic mass is 35.5. The standard InChI is InChI=1S/C14H17Cl2N3O/c1-3-13-10(8-19(2)18-13)7-17-6-9-4-11(15)5-12(16)14(9)20/h4-5,8,17,20H,3,6-7H2,1-2H3. The predicted molar refractivity (Wildman–Crippen MR) is 81.3 cm³/mol. The van der Waals surface area contributed by atoms with Gasteiger partial charge in [-0.2, -0.15) is 5.10 Å². The maximum absolute atomic E-state index is 9.88. The van der Waals surface area contributed by atoms with Crippen molar-refractivity contribution in [3.05, 3.63) is 45.2 Å². The first-order valence-electron chi connectivity index (χ1n) is 6.40. The SMILES string of the molecule is CCc1nn(C)cc1CNCc1cc(Cl)cc(Cl)c1O. The Balaban J connectivity index is 2.03. The van der Waals surface area contributed by atoms with Gasteiger partial charge in [-0.1, -0.05) is 30.1 Å². The van der Waals surface area contributed by atoms with E-state index in [1.54, 1.807) is 6.07 Å².